The van der Waals surface area contributed by atoms with E-state index in [-0.39, 0.29) is 5.91 Å². The van der Waals surface area contributed by atoms with Gasteiger partial charge >= 0.3 is 0 Å². The molecule has 0 aliphatic carbocycles. The number of nitrogens with one attached hydrogen (secondary N) is 1. The summed E-state index contributed by atoms with van der Waals surface area (Å²) in [6.45, 7) is 4.35. The molecule has 1 aromatic carbocycles. The Bertz CT molecular complexity index is 348. The summed E-state index contributed by atoms with van der Waals surface area (Å²) in [5, 5.41) is 2.78. The number of nitrogens with zero attached hydrogens (tertiary/aromatic N) is 1. The average molecular weight is 235 g/mol. The quantitative estimate of drug-likeness (QED) is 0.763. The van der Waals surface area contributed by atoms with Crippen LogP contribution in [0.5, 0.6) is 0 Å². The highest BCUT2D eigenvalue weighted by molar-refractivity contribution is 5.77. The zero-order valence-electron chi connectivity index (χ0n) is 10.6. The molecule has 0 aliphatic heterocycles. The lowest BCUT2D eigenvalue weighted by molar-refractivity contribution is -0.121. The van der Waals surface area contributed by atoms with Crippen molar-refractivity contribution in [3.8, 4) is 0 Å². The highest BCUT2D eigenvalue weighted by Crippen LogP contribution is 2.06. The first-order valence-corrected chi connectivity index (χ1v) is 5.88. The maximum absolute atomic E-state index is 11.4. The first-order chi connectivity index (χ1) is 8.15. The minimum atomic E-state index is 0.0635. The Labute approximate surface area is 103 Å². The Morgan fingerprint density at radius 1 is 1.29 bits per heavy atom. The Kier molecular flexibility index (Phi) is 5.66. The third kappa shape index (κ3) is 4.97. The second kappa shape index (κ2) is 7.04. The number of carbonyl (C=O) groups excluding carboxylic acids is 1. The number of hydrogen-bond acceptors (Lipinski definition) is 3. The van der Waals surface area contributed by atoms with E-state index in [1.165, 1.54) is 5.56 Å². The van der Waals surface area contributed by atoms with E-state index in [0.717, 1.165) is 12.1 Å². The first-order valence-electron chi connectivity index (χ1n) is 5.88. The molecular weight excluding hydrogens is 214 g/mol. The van der Waals surface area contributed by atoms with Gasteiger partial charge in [-0.15, -0.1) is 0 Å². The van der Waals surface area contributed by atoms with Crippen LogP contribution >= 0.6 is 0 Å². The van der Waals surface area contributed by atoms with Gasteiger partial charge in [0, 0.05) is 19.6 Å². The largest absolute Gasteiger partial charge is 0.355 e. The van der Waals surface area contributed by atoms with Crippen LogP contribution in [0.2, 0.25) is 0 Å². The standard InChI is InChI=1S/C13H21N3O/c1-3-15-13(17)10-16(2)9-12-6-4-11(8-14)5-7-12/h4-7H,3,8-10,14H2,1-2H3,(H,15,17). The van der Waals surface area contributed by atoms with Gasteiger partial charge in [0.15, 0.2) is 0 Å². The maximum atomic E-state index is 11.4. The molecule has 1 aromatic rings. The second-order valence-corrected chi connectivity index (χ2v) is 4.15. The van der Waals surface area contributed by atoms with E-state index in [9.17, 15) is 4.79 Å². The van der Waals surface area contributed by atoms with Crippen LogP contribution in [0.3, 0.4) is 0 Å². The molecule has 0 spiro atoms. The smallest absolute Gasteiger partial charge is 0.234 e. The van der Waals surface area contributed by atoms with E-state index >= 15 is 0 Å². The molecule has 17 heavy (non-hydrogen) atoms. The Balaban J connectivity index is 2.44. The summed E-state index contributed by atoms with van der Waals surface area (Å²) in [5.41, 5.74) is 7.85. The molecule has 0 bridgehead atoms. The van der Waals surface area contributed by atoms with E-state index in [4.69, 9.17) is 5.73 Å². The fourth-order valence-corrected chi connectivity index (χ4v) is 1.65. The molecule has 0 heterocycles. The van der Waals surface area contributed by atoms with Crippen LogP contribution in [0.1, 0.15) is 18.1 Å². The van der Waals surface area contributed by atoms with Crippen molar-refractivity contribution in [2.75, 3.05) is 20.1 Å². The van der Waals surface area contributed by atoms with Crippen LogP contribution in [0.25, 0.3) is 0 Å². The van der Waals surface area contributed by atoms with Crippen molar-refractivity contribution in [1.29, 1.82) is 0 Å². The molecule has 1 amide bonds. The number of hydrogen-bond donors (Lipinski definition) is 2. The number of nitrogens with two attached hydrogens (primary N) is 1. The van der Waals surface area contributed by atoms with Crippen molar-refractivity contribution in [2.45, 2.75) is 20.0 Å². The molecule has 0 unspecified atom stereocenters. The first kappa shape index (κ1) is 13.7. The third-order valence-corrected chi connectivity index (χ3v) is 2.50. The average Bonchev–Trinajstić information content (AvgIpc) is 2.30. The number of carbonyl (C=O) groups is 1. The van der Waals surface area contributed by atoms with Crippen LogP contribution < -0.4 is 11.1 Å². The molecule has 1 rings (SSSR count). The molecule has 0 fully saturated rings. The summed E-state index contributed by atoms with van der Waals surface area (Å²) in [6.07, 6.45) is 0. The van der Waals surface area contributed by atoms with E-state index in [1.54, 1.807) is 0 Å². The zero-order chi connectivity index (χ0) is 12.7. The van der Waals surface area contributed by atoms with Crippen LogP contribution in [-0.2, 0) is 17.9 Å². The van der Waals surface area contributed by atoms with E-state index in [1.807, 2.05) is 31.0 Å². The predicted molar refractivity (Wildman–Crippen MR) is 69.4 cm³/mol. The van der Waals surface area contributed by atoms with Crippen molar-refractivity contribution in [3.63, 3.8) is 0 Å². The van der Waals surface area contributed by atoms with E-state index in [2.05, 4.69) is 17.4 Å². The van der Waals surface area contributed by atoms with Crippen molar-refractivity contribution in [1.82, 2.24) is 10.2 Å². The maximum Gasteiger partial charge on any atom is 0.234 e. The fourth-order valence-electron chi connectivity index (χ4n) is 1.65. The van der Waals surface area contributed by atoms with Crippen molar-refractivity contribution >= 4 is 5.91 Å². The minimum absolute atomic E-state index is 0.0635. The lowest BCUT2D eigenvalue weighted by Gasteiger charge is -2.16. The van der Waals surface area contributed by atoms with Gasteiger partial charge in [0.2, 0.25) is 5.91 Å². The van der Waals surface area contributed by atoms with Gasteiger partial charge in [0.1, 0.15) is 0 Å². The van der Waals surface area contributed by atoms with Crippen molar-refractivity contribution < 1.29 is 4.79 Å². The van der Waals surface area contributed by atoms with Gasteiger partial charge in [-0.3, -0.25) is 9.69 Å². The van der Waals surface area contributed by atoms with Gasteiger partial charge < -0.3 is 11.1 Å². The minimum Gasteiger partial charge on any atom is -0.355 e. The SMILES string of the molecule is CCNC(=O)CN(C)Cc1ccc(CN)cc1. The molecule has 0 aromatic heterocycles. The van der Waals surface area contributed by atoms with Gasteiger partial charge in [0.05, 0.1) is 6.54 Å². The monoisotopic (exact) mass is 235 g/mol. The molecule has 4 nitrogen and oxygen atoms in total. The summed E-state index contributed by atoms with van der Waals surface area (Å²) in [6, 6.07) is 8.15. The number of amides is 1. The summed E-state index contributed by atoms with van der Waals surface area (Å²) in [7, 11) is 1.94. The Morgan fingerprint density at radius 2 is 1.88 bits per heavy atom. The number of rotatable bonds is 6. The highest BCUT2D eigenvalue weighted by Gasteiger charge is 2.05. The van der Waals surface area contributed by atoms with E-state index < -0.39 is 0 Å². The molecule has 0 aliphatic rings. The molecule has 3 N–H and O–H groups in total. The normalized spacial score (nSPS) is 10.6. The molecule has 94 valence electrons. The van der Waals surface area contributed by atoms with Gasteiger partial charge in [0.25, 0.3) is 0 Å². The molecule has 0 saturated heterocycles. The molecule has 0 radical (unpaired) electrons. The number of likely N-dealkylation sites (N-methyl/N-ethyl adjacent to an activating group) is 2. The summed E-state index contributed by atoms with van der Waals surface area (Å²) >= 11 is 0. The Hall–Kier alpha value is -1.39. The summed E-state index contributed by atoms with van der Waals surface area (Å²) < 4.78 is 0. The third-order valence-electron chi connectivity index (χ3n) is 2.50. The molecule has 0 atom stereocenters. The van der Waals surface area contributed by atoms with Crippen LogP contribution in [0, 0.1) is 0 Å². The predicted octanol–water partition coefficient (Wildman–Crippen LogP) is 0.713. The van der Waals surface area contributed by atoms with Gasteiger partial charge in [-0.2, -0.15) is 0 Å². The van der Waals surface area contributed by atoms with Crippen molar-refractivity contribution in [2.24, 2.45) is 5.73 Å². The van der Waals surface area contributed by atoms with Crippen LogP contribution in [0.15, 0.2) is 24.3 Å². The fraction of sp³-hybridized carbons (Fsp3) is 0.462. The molecular formula is C13H21N3O. The molecule has 0 saturated carbocycles. The zero-order valence-corrected chi connectivity index (χ0v) is 10.6. The number of benzene rings is 1. The van der Waals surface area contributed by atoms with E-state index in [0.29, 0.717) is 19.6 Å². The van der Waals surface area contributed by atoms with Gasteiger partial charge in [-0.25, -0.2) is 0 Å². The van der Waals surface area contributed by atoms with Crippen LogP contribution in [0.4, 0.5) is 0 Å². The van der Waals surface area contributed by atoms with Crippen LogP contribution in [-0.4, -0.2) is 30.9 Å². The Morgan fingerprint density at radius 3 is 2.41 bits per heavy atom. The summed E-state index contributed by atoms with van der Waals surface area (Å²) in [5.74, 6) is 0.0635. The lowest BCUT2D eigenvalue weighted by atomic mass is 10.1. The second-order valence-electron chi connectivity index (χ2n) is 4.15. The topological polar surface area (TPSA) is 58.4 Å². The summed E-state index contributed by atoms with van der Waals surface area (Å²) in [4.78, 5) is 13.4. The van der Waals surface area contributed by atoms with Crippen molar-refractivity contribution in [3.05, 3.63) is 35.4 Å². The lowest BCUT2D eigenvalue weighted by Crippen LogP contribution is -2.34. The van der Waals surface area contributed by atoms with Gasteiger partial charge in [-0.05, 0) is 25.1 Å². The molecule has 4 heteroatoms. The van der Waals surface area contributed by atoms with Gasteiger partial charge in [-0.1, -0.05) is 24.3 Å². The highest BCUT2D eigenvalue weighted by atomic mass is 16.1.